The molecule has 6 heteroatoms. The van der Waals surface area contributed by atoms with Crippen molar-refractivity contribution in [3.8, 4) is 11.5 Å². The Balaban J connectivity index is 1.98. The second-order valence-corrected chi connectivity index (χ2v) is 6.57. The molecule has 2 aromatic rings. The number of rotatable bonds is 5. The van der Waals surface area contributed by atoms with E-state index in [4.69, 9.17) is 4.74 Å². The SMILES string of the molecule is C=CCc1cc(/C=C2/SC(=O)N(c3ccccc3)C2=O)cc(OC)c1O. The van der Waals surface area contributed by atoms with Gasteiger partial charge in [-0.3, -0.25) is 9.59 Å². The molecule has 26 heavy (non-hydrogen) atoms. The number of imide groups is 1. The van der Waals surface area contributed by atoms with Crippen molar-refractivity contribution in [2.75, 3.05) is 12.0 Å². The molecule has 1 fully saturated rings. The van der Waals surface area contributed by atoms with Crippen molar-refractivity contribution in [1.82, 2.24) is 0 Å². The number of allylic oxidation sites excluding steroid dienone is 1. The number of phenols is 1. The van der Waals surface area contributed by atoms with Gasteiger partial charge in [-0.1, -0.05) is 24.3 Å². The third-order valence-electron chi connectivity index (χ3n) is 3.87. The summed E-state index contributed by atoms with van der Waals surface area (Å²) < 4.78 is 5.19. The van der Waals surface area contributed by atoms with Crippen molar-refractivity contribution in [3.05, 3.63) is 71.2 Å². The minimum atomic E-state index is -0.372. The molecule has 0 saturated carbocycles. The molecule has 132 valence electrons. The fraction of sp³-hybridized carbons (Fsp3) is 0.100. The zero-order chi connectivity index (χ0) is 18.7. The third-order valence-corrected chi connectivity index (χ3v) is 4.74. The summed E-state index contributed by atoms with van der Waals surface area (Å²) in [6.07, 6.45) is 3.75. The number of thioether (sulfide) groups is 1. The largest absolute Gasteiger partial charge is 0.504 e. The number of hydrogen-bond donors (Lipinski definition) is 1. The van der Waals surface area contributed by atoms with Crippen LogP contribution >= 0.6 is 11.8 Å². The average Bonchev–Trinajstić information content (AvgIpc) is 2.92. The molecular weight excluding hydrogens is 350 g/mol. The van der Waals surface area contributed by atoms with Gasteiger partial charge in [0.15, 0.2) is 11.5 Å². The monoisotopic (exact) mass is 367 g/mol. The first-order valence-corrected chi connectivity index (χ1v) is 8.70. The number of nitrogens with zero attached hydrogens (tertiary/aromatic N) is 1. The van der Waals surface area contributed by atoms with E-state index < -0.39 is 0 Å². The number of methoxy groups -OCH3 is 1. The lowest BCUT2D eigenvalue weighted by molar-refractivity contribution is -0.113. The normalized spacial score (nSPS) is 15.6. The summed E-state index contributed by atoms with van der Waals surface area (Å²) in [5.41, 5.74) is 1.83. The smallest absolute Gasteiger partial charge is 0.298 e. The summed E-state index contributed by atoms with van der Waals surface area (Å²) in [7, 11) is 1.46. The van der Waals surface area contributed by atoms with E-state index in [0.717, 1.165) is 16.7 Å². The van der Waals surface area contributed by atoms with Gasteiger partial charge in [-0.25, -0.2) is 4.90 Å². The van der Waals surface area contributed by atoms with Crippen LogP contribution in [0.15, 0.2) is 60.0 Å². The van der Waals surface area contributed by atoms with E-state index in [9.17, 15) is 14.7 Å². The molecule has 5 nitrogen and oxygen atoms in total. The Morgan fingerprint density at radius 3 is 2.62 bits per heavy atom. The molecule has 0 aliphatic carbocycles. The molecule has 1 heterocycles. The number of aromatic hydroxyl groups is 1. The first-order chi connectivity index (χ1) is 12.5. The first kappa shape index (κ1) is 17.8. The van der Waals surface area contributed by atoms with Crippen molar-refractivity contribution in [1.29, 1.82) is 0 Å². The van der Waals surface area contributed by atoms with Crippen LogP contribution in [0.1, 0.15) is 11.1 Å². The van der Waals surface area contributed by atoms with Crippen LogP contribution in [0.4, 0.5) is 10.5 Å². The summed E-state index contributed by atoms with van der Waals surface area (Å²) >= 11 is 0.883. The van der Waals surface area contributed by atoms with E-state index >= 15 is 0 Å². The summed E-state index contributed by atoms with van der Waals surface area (Å²) in [5.74, 6) is -0.0247. The standard InChI is InChI=1S/C20H17NO4S/c1-3-7-14-10-13(11-16(25-2)18(14)22)12-17-19(23)21(20(24)26-17)15-8-5-4-6-9-15/h3-6,8-12,22H,1,7H2,2H3/b17-12+. The van der Waals surface area contributed by atoms with Crippen molar-refractivity contribution >= 4 is 34.7 Å². The van der Waals surface area contributed by atoms with Gasteiger partial charge in [0.2, 0.25) is 0 Å². The van der Waals surface area contributed by atoms with Crippen molar-refractivity contribution in [2.45, 2.75) is 6.42 Å². The molecule has 3 rings (SSSR count). The Morgan fingerprint density at radius 2 is 1.96 bits per heavy atom. The number of carbonyl (C=O) groups excluding carboxylic acids is 2. The topological polar surface area (TPSA) is 66.8 Å². The molecule has 2 aromatic carbocycles. The number of amides is 2. The summed E-state index contributed by atoms with van der Waals surface area (Å²) in [6.45, 7) is 3.67. The quantitative estimate of drug-likeness (QED) is 0.628. The lowest BCUT2D eigenvalue weighted by Crippen LogP contribution is -2.27. The minimum absolute atomic E-state index is 0.0435. The van der Waals surface area contributed by atoms with Crippen LogP contribution in [-0.2, 0) is 11.2 Å². The molecule has 0 bridgehead atoms. The van der Waals surface area contributed by atoms with Crippen LogP contribution in [0.2, 0.25) is 0 Å². The van der Waals surface area contributed by atoms with Gasteiger partial charge in [0.05, 0.1) is 17.7 Å². The third kappa shape index (κ3) is 3.36. The second kappa shape index (κ2) is 7.49. The molecule has 0 atom stereocenters. The Bertz CT molecular complexity index is 906. The lowest BCUT2D eigenvalue weighted by atomic mass is 10.1. The van der Waals surface area contributed by atoms with Gasteiger partial charge in [0.1, 0.15) is 0 Å². The van der Waals surface area contributed by atoms with Gasteiger partial charge in [0.25, 0.3) is 11.1 Å². The fourth-order valence-corrected chi connectivity index (χ4v) is 3.50. The fourth-order valence-electron chi connectivity index (χ4n) is 2.66. The lowest BCUT2D eigenvalue weighted by Gasteiger charge is -2.12. The summed E-state index contributed by atoms with van der Waals surface area (Å²) in [5, 5.41) is 9.82. The van der Waals surface area contributed by atoms with E-state index in [1.54, 1.807) is 48.6 Å². The summed E-state index contributed by atoms with van der Waals surface area (Å²) in [6, 6.07) is 12.2. The number of anilines is 1. The molecule has 1 N–H and O–H groups in total. The number of hydrogen-bond acceptors (Lipinski definition) is 5. The molecular formula is C20H17NO4S. The molecule has 0 unspecified atom stereocenters. The molecule has 0 radical (unpaired) electrons. The van der Waals surface area contributed by atoms with Crippen molar-refractivity contribution in [3.63, 3.8) is 0 Å². The van der Waals surface area contributed by atoms with Crippen LogP contribution < -0.4 is 9.64 Å². The maximum atomic E-state index is 12.7. The highest BCUT2D eigenvalue weighted by Crippen LogP contribution is 2.37. The predicted octanol–water partition coefficient (Wildman–Crippen LogP) is 4.37. The Labute approximate surface area is 155 Å². The number of para-hydroxylation sites is 1. The Hall–Kier alpha value is -2.99. The number of carbonyl (C=O) groups is 2. The van der Waals surface area contributed by atoms with Crippen LogP contribution in [0, 0.1) is 0 Å². The van der Waals surface area contributed by atoms with Crippen LogP contribution in [0.25, 0.3) is 6.08 Å². The van der Waals surface area contributed by atoms with Gasteiger partial charge in [-0.2, -0.15) is 0 Å². The van der Waals surface area contributed by atoms with Gasteiger partial charge >= 0.3 is 0 Å². The van der Waals surface area contributed by atoms with Crippen molar-refractivity contribution < 1.29 is 19.4 Å². The second-order valence-electron chi connectivity index (χ2n) is 5.58. The first-order valence-electron chi connectivity index (χ1n) is 7.89. The van der Waals surface area contributed by atoms with Gasteiger partial charge in [0, 0.05) is 5.56 Å². The zero-order valence-electron chi connectivity index (χ0n) is 14.1. The van der Waals surface area contributed by atoms with E-state index in [1.807, 2.05) is 6.07 Å². The maximum Gasteiger partial charge on any atom is 0.298 e. The van der Waals surface area contributed by atoms with Crippen LogP contribution in [0.5, 0.6) is 11.5 Å². The number of phenolic OH excluding ortho intramolecular Hbond substituents is 1. The average molecular weight is 367 g/mol. The van der Waals surface area contributed by atoms with Crippen molar-refractivity contribution in [2.24, 2.45) is 0 Å². The molecule has 0 spiro atoms. The van der Waals surface area contributed by atoms with Crippen LogP contribution in [0.3, 0.4) is 0 Å². The van der Waals surface area contributed by atoms with E-state index in [1.165, 1.54) is 7.11 Å². The maximum absolute atomic E-state index is 12.7. The van der Waals surface area contributed by atoms with E-state index in [-0.39, 0.29) is 16.9 Å². The molecule has 1 aliphatic rings. The number of ether oxygens (including phenoxy) is 1. The highest BCUT2D eigenvalue weighted by Gasteiger charge is 2.36. The van der Waals surface area contributed by atoms with Crippen LogP contribution in [-0.4, -0.2) is 23.4 Å². The van der Waals surface area contributed by atoms with Gasteiger partial charge < -0.3 is 9.84 Å². The molecule has 1 saturated heterocycles. The van der Waals surface area contributed by atoms with Gasteiger partial charge in [-0.05, 0) is 54.1 Å². The van der Waals surface area contributed by atoms with Gasteiger partial charge in [-0.15, -0.1) is 6.58 Å². The zero-order valence-corrected chi connectivity index (χ0v) is 15.0. The number of benzene rings is 2. The Morgan fingerprint density at radius 1 is 1.23 bits per heavy atom. The molecule has 2 amide bonds. The highest BCUT2D eigenvalue weighted by atomic mass is 32.2. The summed E-state index contributed by atoms with van der Waals surface area (Å²) in [4.78, 5) is 26.4. The van der Waals surface area contributed by atoms with E-state index in [0.29, 0.717) is 33.9 Å². The highest BCUT2D eigenvalue weighted by molar-refractivity contribution is 8.19. The molecule has 0 aromatic heterocycles. The van der Waals surface area contributed by atoms with E-state index in [2.05, 4.69) is 6.58 Å². The molecule has 1 aliphatic heterocycles. The minimum Gasteiger partial charge on any atom is -0.504 e. The Kier molecular flexibility index (Phi) is 5.14. The predicted molar refractivity (Wildman–Crippen MR) is 103 cm³/mol.